The second kappa shape index (κ2) is 8.55. The maximum Gasteiger partial charge on any atom is 0.351 e. The van der Waals surface area contributed by atoms with Crippen molar-refractivity contribution in [1.82, 2.24) is 9.55 Å². The van der Waals surface area contributed by atoms with Crippen LogP contribution in [0.2, 0.25) is 0 Å². The fraction of sp³-hybridized carbons (Fsp3) is 0.733. The van der Waals surface area contributed by atoms with Gasteiger partial charge in [0.25, 0.3) is 0 Å². The van der Waals surface area contributed by atoms with Gasteiger partial charge in [-0.15, -0.1) is 11.8 Å². The van der Waals surface area contributed by atoms with Crippen LogP contribution in [0.5, 0.6) is 0 Å². The minimum Gasteiger partial charge on any atom is -0.378 e. The van der Waals surface area contributed by atoms with Crippen LogP contribution in [0.15, 0.2) is 17.1 Å². The number of rotatable bonds is 8. The number of hydrogen-bond acceptors (Lipinski definition) is 6. The molecule has 1 saturated heterocycles. The summed E-state index contributed by atoms with van der Waals surface area (Å²) in [6.45, 7) is 6.30. The van der Waals surface area contributed by atoms with Crippen LogP contribution < -0.4 is 10.6 Å². The minimum absolute atomic E-state index is 0.00764. The van der Waals surface area contributed by atoms with Crippen LogP contribution in [-0.4, -0.2) is 47.5 Å². The number of hydrogen-bond donors (Lipinski definition) is 0. The lowest BCUT2D eigenvalue weighted by Gasteiger charge is -2.18. The zero-order chi connectivity index (χ0) is 15.9. The molecule has 1 aliphatic rings. The number of unbranched alkanes of at least 4 members (excludes halogenated alkanes) is 1. The maximum atomic E-state index is 12.2. The van der Waals surface area contributed by atoms with E-state index < -0.39 is 0 Å². The molecule has 1 aromatic rings. The fourth-order valence-electron chi connectivity index (χ4n) is 2.10. The second-order valence-electron chi connectivity index (χ2n) is 5.27. The van der Waals surface area contributed by atoms with Crippen molar-refractivity contribution < 1.29 is 9.47 Å². The quantitative estimate of drug-likeness (QED) is 0.682. The molecule has 0 radical (unpaired) electrons. The molecular formula is C15H25N3O3S. The average Bonchev–Trinajstić information content (AvgIpc) is 2.99. The summed E-state index contributed by atoms with van der Waals surface area (Å²) in [5.41, 5.74) is -0.275. The van der Waals surface area contributed by atoms with E-state index in [-0.39, 0.29) is 17.4 Å². The van der Waals surface area contributed by atoms with Crippen LogP contribution in [0.1, 0.15) is 32.9 Å². The van der Waals surface area contributed by atoms with E-state index in [9.17, 15) is 4.79 Å². The van der Waals surface area contributed by atoms with Crippen molar-refractivity contribution in [3.05, 3.63) is 22.7 Å². The predicted molar refractivity (Wildman–Crippen MR) is 89.5 cm³/mol. The highest BCUT2D eigenvalue weighted by Crippen LogP contribution is 2.31. The summed E-state index contributed by atoms with van der Waals surface area (Å²) in [4.78, 5) is 18.2. The summed E-state index contributed by atoms with van der Waals surface area (Å²) >= 11 is 1.68. The van der Waals surface area contributed by atoms with E-state index in [1.807, 2.05) is 24.9 Å². The molecule has 2 heterocycles. The van der Waals surface area contributed by atoms with Gasteiger partial charge in [0.05, 0.1) is 6.61 Å². The average molecular weight is 327 g/mol. The van der Waals surface area contributed by atoms with E-state index in [0.29, 0.717) is 12.4 Å². The normalized spacial score (nSPS) is 21.2. The molecule has 1 unspecified atom stereocenters. The Hall–Kier alpha value is -1.05. The predicted octanol–water partition coefficient (Wildman–Crippen LogP) is 2.10. The summed E-state index contributed by atoms with van der Waals surface area (Å²) in [5.74, 6) is 1.43. The Kier molecular flexibility index (Phi) is 6.72. The number of anilines is 1. The topological polar surface area (TPSA) is 56.6 Å². The van der Waals surface area contributed by atoms with Gasteiger partial charge in [-0.2, -0.15) is 4.98 Å². The van der Waals surface area contributed by atoms with Gasteiger partial charge in [-0.05, 0) is 19.4 Å². The third kappa shape index (κ3) is 4.47. The van der Waals surface area contributed by atoms with Crippen molar-refractivity contribution in [2.45, 2.75) is 38.4 Å². The van der Waals surface area contributed by atoms with Crippen molar-refractivity contribution >= 4 is 17.6 Å². The Balaban J connectivity index is 1.92. The summed E-state index contributed by atoms with van der Waals surface area (Å²) in [7, 11) is 1.91. The van der Waals surface area contributed by atoms with Crippen LogP contribution in [0.3, 0.4) is 0 Å². The van der Waals surface area contributed by atoms with Crippen molar-refractivity contribution in [2.24, 2.45) is 0 Å². The molecule has 22 heavy (non-hydrogen) atoms. The Labute approximate surface area is 135 Å². The van der Waals surface area contributed by atoms with Gasteiger partial charge in [0.1, 0.15) is 17.5 Å². The highest BCUT2D eigenvalue weighted by molar-refractivity contribution is 8.00. The monoisotopic (exact) mass is 327 g/mol. The number of aromatic nitrogens is 2. The van der Waals surface area contributed by atoms with Crippen LogP contribution in [0, 0.1) is 0 Å². The van der Waals surface area contributed by atoms with Crippen LogP contribution in [-0.2, 0) is 9.47 Å². The molecule has 0 amide bonds. The Bertz CT molecular complexity index is 523. The lowest BCUT2D eigenvalue weighted by molar-refractivity contribution is -0.0250. The van der Waals surface area contributed by atoms with Crippen LogP contribution >= 0.6 is 11.8 Å². The van der Waals surface area contributed by atoms with Gasteiger partial charge in [-0.1, -0.05) is 13.3 Å². The Morgan fingerprint density at radius 1 is 1.55 bits per heavy atom. The van der Waals surface area contributed by atoms with E-state index >= 15 is 0 Å². The smallest absolute Gasteiger partial charge is 0.351 e. The van der Waals surface area contributed by atoms with Gasteiger partial charge in [0, 0.05) is 32.1 Å². The van der Waals surface area contributed by atoms with E-state index in [1.54, 1.807) is 22.5 Å². The first-order chi connectivity index (χ1) is 10.7. The molecule has 1 fully saturated rings. The molecule has 1 aliphatic heterocycles. The molecule has 0 spiro atoms. The van der Waals surface area contributed by atoms with E-state index in [2.05, 4.69) is 11.9 Å². The number of nitrogens with zero attached hydrogens (tertiary/aromatic N) is 3. The van der Waals surface area contributed by atoms with Crippen molar-refractivity contribution in [3.8, 4) is 0 Å². The molecule has 2 atom stereocenters. The maximum absolute atomic E-state index is 12.2. The van der Waals surface area contributed by atoms with Gasteiger partial charge in [0.2, 0.25) is 0 Å². The fourth-order valence-corrected chi connectivity index (χ4v) is 3.12. The van der Waals surface area contributed by atoms with E-state index in [4.69, 9.17) is 9.47 Å². The first-order valence-corrected chi connectivity index (χ1v) is 8.85. The van der Waals surface area contributed by atoms with Gasteiger partial charge in [0.15, 0.2) is 0 Å². The number of thioether (sulfide) groups is 1. The highest BCUT2D eigenvalue weighted by Gasteiger charge is 2.28. The molecule has 2 rings (SSSR count). The second-order valence-corrected chi connectivity index (χ2v) is 6.46. The molecule has 0 aliphatic carbocycles. The van der Waals surface area contributed by atoms with Crippen molar-refractivity contribution in [3.63, 3.8) is 0 Å². The first-order valence-electron chi connectivity index (χ1n) is 7.80. The Morgan fingerprint density at radius 2 is 2.36 bits per heavy atom. The van der Waals surface area contributed by atoms with E-state index in [0.717, 1.165) is 31.7 Å². The van der Waals surface area contributed by atoms with Gasteiger partial charge in [-0.3, -0.25) is 4.57 Å². The zero-order valence-corrected chi connectivity index (χ0v) is 14.3. The summed E-state index contributed by atoms with van der Waals surface area (Å²) < 4.78 is 13.0. The first kappa shape index (κ1) is 17.3. The molecule has 0 N–H and O–H groups in total. The molecule has 1 aromatic heterocycles. The van der Waals surface area contributed by atoms with Crippen molar-refractivity contribution in [2.75, 3.05) is 37.5 Å². The highest BCUT2D eigenvalue weighted by atomic mass is 32.2. The molecule has 0 saturated carbocycles. The molecule has 0 bridgehead atoms. The minimum atomic E-state index is -0.268. The number of ether oxygens (including phenoxy) is 2. The molecule has 124 valence electrons. The molecular weight excluding hydrogens is 302 g/mol. The largest absolute Gasteiger partial charge is 0.378 e. The summed E-state index contributed by atoms with van der Waals surface area (Å²) in [5, 5.41) is 0. The zero-order valence-electron chi connectivity index (χ0n) is 13.5. The van der Waals surface area contributed by atoms with Gasteiger partial charge in [-0.25, -0.2) is 4.79 Å². The SMILES string of the molecule is CCCCOCC1O[C@H](n2ccc(N(C)CC)nc2=O)CS1. The van der Waals surface area contributed by atoms with Gasteiger partial charge < -0.3 is 14.4 Å². The van der Waals surface area contributed by atoms with Crippen molar-refractivity contribution in [1.29, 1.82) is 0 Å². The summed E-state index contributed by atoms with van der Waals surface area (Å²) in [6.07, 6.45) is 3.70. The third-order valence-corrected chi connectivity index (χ3v) is 4.72. The lowest BCUT2D eigenvalue weighted by Crippen LogP contribution is -2.30. The van der Waals surface area contributed by atoms with Gasteiger partial charge >= 0.3 is 5.69 Å². The molecule has 0 aromatic carbocycles. The van der Waals surface area contributed by atoms with E-state index in [1.165, 1.54) is 0 Å². The Morgan fingerprint density at radius 3 is 3.05 bits per heavy atom. The summed E-state index contributed by atoms with van der Waals surface area (Å²) in [6, 6.07) is 1.85. The molecule has 7 heteroatoms. The standard InChI is InChI=1S/C15H25N3O3S/c1-4-6-9-20-10-14-21-13(11-22-14)18-8-7-12(16-15(18)19)17(3)5-2/h7-8,13-14H,4-6,9-11H2,1-3H3/t13-,14?/m0/s1. The lowest BCUT2D eigenvalue weighted by atomic mass is 10.4. The van der Waals surface area contributed by atoms with Crippen LogP contribution in [0.4, 0.5) is 5.82 Å². The molecule has 6 nitrogen and oxygen atoms in total. The third-order valence-electron chi connectivity index (χ3n) is 3.62. The van der Waals surface area contributed by atoms with Crippen LogP contribution in [0.25, 0.3) is 0 Å².